The Morgan fingerprint density at radius 3 is 2.52 bits per heavy atom. The Morgan fingerprint density at radius 1 is 1.16 bits per heavy atom. The van der Waals surface area contributed by atoms with Gasteiger partial charge in [-0.3, -0.25) is 4.98 Å². The highest BCUT2D eigenvalue weighted by Crippen LogP contribution is 2.25. The summed E-state index contributed by atoms with van der Waals surface area (Å²) < 4.78 is 19.8. The van der Waals surface area contributed by atoms with Crippen molar-refractivity contribution >= 4 is 45.1 Å². The van der Waals surface area contributed by atoms with E-state index in [0.717, 1.165) is 33.6 Å². The van der Waals surface area contributed by atoms with Crippen molar-refractivity contribution in [1.82, 2.24) is 13.9 Å². The van der Waals surface area contributed by atoms with Crippen molar-refractivity contribution < 1.29 is 19.9 Å². The number of hydrogen-bond acceptors (Lipinski definition) is 4. The molecule has 1 atom stereocenters. The van der Waals surface area contributed by atoms with E-state index >= 15 is 0 Å². The average molecular weight is 376 g/mol. The van der Waals surface area contributed by atoms with Crippen molar-refractivity contribution in [3.05, 3.63) is 53.6 Å². The summed E-state index contributed by atoms with van der Waals surface area (Å²) in [6.45, 7) is 3.89. The van der Waals surface area contributed by atoms with Crippen LogP contribution in [0.25, 0.3) is 11.0 Å². The van der Waals surface area contributed by atoms with Crippen molar-refractivity contribution in [3.63, 3.8) is 0 Å². The van der Waals surface area contributed by atoms with Gasteiger partial charge in [-0.1, -0.05) is 12.1 Å². The smallest absolute Gasteiger partial charge is 0.131 e. The topological polar surface area (TPSA) is 120 Å². The normalized spacial score (nSPS) is 11.0. The molecule has 3 rings (SSSR count). The third-order valence-corrected chi connectivity index (χ3v) is 4.90. The number of para-hydroxylation sites is 2. The van der Waals surface area contributed by atoms with Crippen LogP contribution in [-0.4, -0.2) is 59.3 Å². The van der Waals surface area contributed by atoms with Gasteiger partial charge in [-0.2, -0.15) is 0 Å². The molecule has 1 aromatic carbocycles. The summed E-state index contributed by atoms with van der Waals surface area (Å²) in [5.41, 5.74) is 4.38. The molecule has 2 heterocycles. The molecule has 1 unspecified atom stereocenters. The quantitative estimate of drug-likeness (QED) is 0.624. The van der Waals surface area contributed by atoms with E-state index in [0.29, 0.717) is 5.75 Å². The van der Waals surface area contributed by atoms with Crippen LogP contribution in [0, 0.1) is 13.8 Å². The van der Waals surface area contributed by atoms with E-state index in [1.807, 2.05) is 38.1 Å². The van der Waals surface area contributed by atoms with Crippen LogP contribution in [0.4, 0.5) is 0 Å². The molecule has 4 N–H and O–H groups in total. The number of nitrogens with zero attached hydrogens (tertiary/aromatic N) is 3. The first-order chi connectivity index (χ1) is 10.6. The van der Waals surface area contributed by atoms with E-state index in [1.165, 1.54) is 0 Å². The van der Waals surface area contributed by atoms with Crippen LogP contribution >= 0.6 is 0 Å². The maximum Gasteiger partial charge on any atom is 0.131 e. The Labute approximate surface area is 164 Å². The lowest BCUT2D eigenvalue weighted by Crippen LogP contribution is -2.09. The van der Waals surface area contributed by atoms with Gasteiger partial charge >= 0.3 is 0 Å². The molecule has 0 bridgehead atoms. The summed E-state index contributed by atoms with van der Waals surface area (Å²) >= 11 is 0. The van der Waals surface area contributed by atoms with Crippen LogP contribution < -0.4 is 4.74 Å². The highest BCUT2D eigenvalue weighted by atomic mass is 32.2. The van der Waals surface area contributed by atoms with Gasteiger partial charge in [0.05, 0.1) is 29.6 Å². The second kappa shape index (κ2) is 9.83. The monoisotopic (exact) mass is 375 g/mol. The van der Waals surface area contributed by atoms with Crippen LogP contribution in [0.5, 0.6) is 5.75 Å². The van der Waals surface area contributed by atoms with Gasteiger partial charge in [0, 0.05) is 40.4 Å². The zero-order chi connectivity index (χ0) is 15.7. The molecule has 3 aromatic rings. The average Bonchev–Trinajstić information content (AvgIpc) is 2.95. The molecule has 2 radical (unpaired) electrons. The largest absolute Gasteiger partial charge is 0.496 e. The standard InChI is InChI=1S/C16H17N3O2S.Mg.2H2O/c1-11-8-17-14(12(2)16(11)21-3)9-22(20)19-10-18-13-6-4-5-7-15(13)19;;;/h4-8,10H,9H2,1-3H3;;2*1H2. The van der Waals surface area contributed by atoms with E-state index in [-0.39, 0.29) is 34.0 Å². The van der Waals surface area contributed by atoms with E-state index in [9.17, 15) is 4.21 Å². The van der Waals surface area contributed by atoms with Gasteiger partial charge in [0.15, 0.2) is 0 Å². The number of ether oxygens (including phenoxy) is 1. The fourth-order valence-corrected chi connectivity index (χ4v) is 3.69. The van der Waals surface area contributed by atoms with Gasteiger partial charge < -0.3 is 15.7 Å². The highest BCUT2D eigenvalue weighted by molar-refractivity contribution is 7.82. The molecule has 0 aliphatic heterocycles. The molecular weight excluding hydrogens is 355 g/mol. The minimum Gasteiger partial charge on any atom is -0.496 e. The van der Waals surface area contributed by atoms with Gasteiger partial charge in [0.1, 0.15) is 23.1 Å². The summed E-state index contributed by atoms with van der Waals surface area (Å²) in [5, 5.41) is 0. The molecule has 25 heavy (non-hydrogen) atoms. The Kier molecular flexibility index (Phi) is 9.23. The zero-order valence-electron chi connectivity index (χ0n) is 14.4. The molecular formula is C16H21MgN3O4S. The maximum atomic E-state index is 12.7. The third-order valence-electron chi connectivity index (χ3n) is 3.65. The summed E-state index contributed by atoms with van der Waals surface area (Å²) in [7, 11) is 0.369. The molecule has 0 aliphatic rings. The summed E-state index contributed by atoms with van der Waals surface area (Å²) in [6.07, 6.45) is 3.37. The molecule has 0 amide bonds. The molecule has 0 spiro atoms. The van der Waals surface area contributed by atoms with E-state index < -0.39 is 11.0 Å². The zero-order valence-corrected chi connectivity index (χ0v) is 16.7. The van der Waals surface area contributed by atoms with Crippen LogP contribution in [-0.2, 0) is 16.7 Å². The van der Waals surface area contributed by atoms with Crippen molar-refractivity contribution in [1.29, 1.82) is 0 Å². The summed E-state index contributed by atoms with van der Waals surface area (Å²) in [5.74, 6) is 1.13. The number of aromatic nitrogens is 3. The first-order valence-electron chi connectivity index (χ1n) is 6.92. The number of hydrogen-bond donors (Lipinski definition) is 0. The van der Waals surface area contributed by atoms with E-state index in [4.69, 9.17) is 4.74 Å². The minimum absolute atomic E-state index is 0. The Hall–Kier alpha value is -1.52. The number of rotatable bonds is 4. The second-order valence-electron chi connectivity index (χ2n) is 5.07. The van der Waals surface area contributed by atoms with Crippen molar-refractivity contribution in [2.24, 2.45) is 0 Å². The van der Waals surface area contributed by atoms with Crippen LogP contribution in [0.2, 0.25) is 0 Å². The van der Waals surface area contributed by atoms with Gasteiger partial charge in [0.25, 0.3) is 0 Å². The molecule has 7 nitrogen and oxygen atoms in total. The summed E-state index contributed by atoms with van der Waals surface area (Å²) in [4.78, 5) is 8.69. The minimum atomic E-state index is -1.27. The molecule has 9 heteroatoms. The van der Waals surface area contributed by atoms with Crippen molar-refractivity contribution in [2.75, 3.05) is 7.11 Å². The SMILES string of the molecule is COc1c(C)cnc(CS(=O)n2cnc3ccccc32)c1C.O.O.[Mg]. The number of pyridine rings is 1. The lowest BCUT2D eigenvalue weighted by atomic mass is 10.1. The highest BCUT2D eigenvalue weighted by Gasteiger charge is 2.14. The van der Waals surface area contributed by atoms with Crippen molar-refractivity contribution in [3.8, 4) is 5.75 Å². The first kappa shape index (κ1) is 23.5. The summed E-state index contributed by atoms with van der Waals surface area (Å²) in [6, 6.07) is 7.65. The number of fused-ring (bicyclic) bond motifs is 1. The predicted octanol–water partition coefficient (Wildman–Crippen LogP) is 0.739. The lowest BCUT2D eigenvalue weighted by Gasteiger charge is -2.12. The van der Waals surface area contributed by atoms with Gasteiger partial charge in [-0.05, 0) is 26.0 Å². The predicted molar refractivity (Wildman–Crippen MR) is 100 cm³/mol. The number of methoxy groups -OCH3 is 1. The third kappa shape index (κ3) is 4.56. The molecule has 0 saturated heterocycles. The Bertz CT molecular complexity index is 870. The fraction of sp³-hybridized carbons (Fsp3) is 0.250. The van der Waals surface area contributed by atoms with Crippen LogP contribution in [0.15, 0.2) is 36.8 Å². The maximum absolute atomic E-state index is 12.7. The van der Waals surface area contributed by atoms with Crippen LogP contribution in [0.3, 0.4) is 0 Å². The molecule has 0 fully saturated rings. The van der Waals surface area contributed by atoms with Gasteiger partial charge in [-0.15, -0.1) is 0 Å². The van der Waals surface area contributed by atoms with Crippen molar-refractivity contribution in [2.45, 2.75) is 19.6 Å². The molecule has 0 saturated carbocycles. The Balaban J connectivity index is 0.00000192. The lowest BCUT2D eigenvalue weighted by molar-refractivity contribution is 0.407. The number of aryl methyl sites for hydroxylation is 1. The first-order valence-corrected chi connectivity index (χ1v) is 8.19. The Morgan fingerprint density at radius 2 is 1.84 bits per heavy atom. The number of benzene rings is 1. The van der Waals surface area contributed by atoms with Gasteiger partial charge in [0.2, 0.25) is 0 Å². The fourth-order valence-electron chi connectivity index (χ4n) is 2.50. The van der Waals surface area contributed by atoms with Crippen LogP contribution in [0.1, 0.15) is 16.8 Å². The molecule has 0 aliphatic carbocycles. The second-order valence-corrected chi connectivity index (χ2v) is 6.40. The van der Waals surface area contributed by atoms with E-state index in [2.05, 4.69) is 9.97 Å². The number of imidazole rings is 1. The molecule has 132 valence electrons. The van der Waals surface area contributed by atoms with Gasteiger partial charge in [-0.25, -0.2) is 13.2 Å². The molecule has 2 aromatic heterocycles. The van der Waals surface area contributed by atoms with E-state index in [1.54, 1.807) is 23.6 Å².